The number of nitrogens with one attached hydrogen (secondary N) is 1. The lowest BCUT2D eigenvalue weighted by atomic mass is 10.1. The molecular formula is C15H20N5O11P. The number of phosphoric ester groups is 1. The minimum Gasteiger partial charge on any atom is -0.463 e. The number of carbonyl (C=O) groups excluding carboxylic acids is 2. The highest BCUT2D eigenvalue weighted by Gasteiger charge is 2.45. The number of aliphatic hydroxyl groups is 2. The van der Waals surface area contributed by atoms with Crippen molar-refractivity contribution in [3.63, 3.8) is 0 Å². The molecule has 1 fully saturated rings. The van der Waals surface area contributed by atoms with Crippen molar-refractivity contribution in [3.05, 3.63) is 23.0 Å². The van der Waals surface area contributed by atoms with E-state index in [1.807, 2.05) is 0 Å². The third-order valence-electron chi connectivity index (χ3n) is 4.56. The van der Waals surface area contributed by atoms with Crippen LogP contribution in [-0.2, 0) is 28.2 Å². The molecule has 0 spiro atoms. The lowest BCUT2D eigenvalue weighted by Gasteiger charge is -2.16. The summed E-state index contributed by atoms with van der Waals surface area (Å²) in [6.07, 6.45) is -3.57. The number of hydrogen-bond donors (Lipinski definition) is 6. The number of esters is 1. The van der Waals surface area contributed by atoms with Gasteiger partial charge in [-0.1, -0.05) is 0 Å². The number of nitrogens with zero attached hydrogens (tertiary/aromatic N) is 3. The molecule has 0 amide bonds. The quantitative estimate of drug-likeness (QED) is 0.164. The summed E-state index contributed by atoms with van der Waals surface area (Å²) in [5.74, 6) is -2.23. The highest BCUT2D eigenvalue weighted by molar-refractivity contribution is 7.46. The van der Waals surface area contributed by atoms with Gasteiger partial charge in [0.25, 0.3) is 5.56 Å². The summed E-state index contributed by atoms with van der Waals surface area (Å²) in [6.45, 7) is -0.462. The number of aromatic nitrogens is 4. The van der Waals surface area contributed by atoms with Crippen molar-refractivity contribution in [2.45, 2.75) is 43.4 Å². The van der Waals surface area contributed by atoms with E-state index < -0.39 is 68.9 Å². The fourth-order valence-electron chi connectivity index (χ4n) is 2.97. The van der Waals surface area contributed by atoms with Crippen LogP contribution in [0.25, 0.3) is 11.2 Å². The number of phosphoric acid groups is 1. The van der Waals surface area contributed by atoms with Crippen LogP contribution in [0.1, 0.15) is 19.1 Å². The summed E-state index contributed by atoms with van der Waals surface area (Å²) in [7, 11) is -5.05. The Morgan fingerprint density at radius 1 is 1.31 bits per heavy atom. The van der Waals surface area contributed by atoms with E-state index in [2.05, 4.69) is 19.5 Å². The summed E-state index contributed by atoms with van der Waals surface area (Å²) in [5.41, 5.74) is 5.00. The van der Waals surface area contributed by atoms with Crippen LogP contribution in [0.4, 0.5) is 0 Å². The number of H-pyrrole nitrogens is 1. The number of fused-ring (bicyclic) bond motifs is 1. The highest BCUT2D eigenvalue weighted by Crippen LogP contribution is 2.36. The van der Waals surface area contributed by atoms with Gasteiger partial charge in [0.15, 0.2) is 17.4 Å². The first-order chi connectivity index (χ1) is 15.0. The number of imidazole rings is 1. The Hall–Kier alpha value is -2.72. The minimum absolute atomic E-state index is 0.00119. The molecule has 0 aliphatic carbocycles. The summed E-state index contributed by atoms with van der Waals surface area (Å²) in [5, 5.41) is 20.5. The molecule has 2 aromatic rings. The second-order valence-electron chi connectivity index (χ2n) is 6.83. The molecular weight excluding hydrogens is 457 g/mol. The van der Waals surface area contributed by atoms with E-state index in [4.69, 9.17) is 25.0 Å². The zero-order valence-electron chi connectivity index (χ0n) is 16.2. The predicted molar refractivity (Wildman–Crippen MR) is 100 cm³/mol. The topological polar surface area (TPSA) is 249 Å². The fraction of sp³-hybridized carbons (Fsp3) is 0.533. The van der Waals surface area contributed by atoms with Crippen molar-refractivity contribution < 1.29 is 48.2 Å². The number of hydrogen-bond acceptors (Lipinski definition) is 12. The van der Waals surface area contributed by atoms with E-state index >= 15 is 0 Å². The maximum absolute atomic E-state index is 11.9. The van der Waals surface area contributed by atoms with E-state index in [1.165, 1.54) is 10.9 Å². The lowest BCUT2D eigenvalue weighted by molar-refractivity contribution is -0.150. The number of ether oxygens (including phenoxy) is 2. The summed E-state index contributed by atoms with van der Waals surface area (Å²) >= 11 is 0. The Labute approximate surface area is 178 Å². The van der Waals surface area contributed by atoms with Crippen LogP contribution < -0.4 is 11.3 Å². The van der Waals surface area contributed by atoms with E-state index in [0.717, 1.165) is 6.33 Å². The standard InChI is InChI=1S/C15H20N5O11P/c16-6(15(25)31-32(26,27)28)1-2-8(21)29-3-7-10(22)11(23)14(30-7)20-5-19-9-12(20)17-4-18-13(9)24/h4-7,10-11,14,22-23H,1-3,16H2,(H,17,18,24)(H2,26,27,28)/t6-,7+,10+,11+,14+/m0/s1. The molecule has 32 heavy (non-hydrogen) atoms. The first-order valence-electron chi connectivity index (χ1n) is 9.10. The highest BCUT2D eigenvalue weighted by atomic mass is 31.2. The van der Waals surface area contributed by atoms with Gasteiger partial charge in [-0.2, -0.15) is 0 Å². The van der Waals surface area contributed by atoms with Gasteiger partial charge in [-0.25, -0.2) is 19.3 Å². The summed E-state index contributed by atoms with van der Waals surface area (Å²) in [6, 6.07) is -1.47. The van der Waals surface area contributed by atoms with Crippen molar-refractivity contribution >= 4 is 30.9 Å². The first kappa shape index (κ1) is 23.9. The molecule has 0 unspecified atom stereocenters. The zero-order valence-corrected chi connectivity index (χ0v) is 17.1. The van der Waals surface area contributed by atoms with Gasteiger partial charge in [-0.05, 0) is 6.42 Å². The molecule has 0 saturated carbocycles. The van der Waals surface area contributed by atoms with Gasteiger partial charge in [0, 0.05) is 6.42 Å². The molecule has 0 bridgehead atoms. The van der Waals surface area contributed by atoms with E-state index in [0.29, 0.717) is 0 Å². The molecule has 17 heteroatoms. The molecule has 2 aromatic heterocycles. The SMILES string of the molecule is N[C@@H](CCC(=O)OC[C@H]1O[C@@H](n2cnc3c(=O)[nH]cnc32)[C@H](O)[C@@H]1O)C(=O)OP(=O)(O)O. The monoisotopic (exact) mass is 477 g/mol. The molecule has 1 aliphatic rings. The third-order valence-corrected chi connectivity index (χ3v) is 4.97. The molecule has 0 radical (unpaired) electrons. The Balaban J connectivity index is 1.54. The Morgan fingerprint density at radius 2 is 2.03 bits per heavy atom. The van der Waals surface area contributed by atoms with E-state index in [9.17, 15) is 29.2 Å². The first-order valence-corrected chi connectivity index (χ1v) is 10.6. The van der Waals surface area contributed by atoms with Crippen molar-refractivity contribution in [2.24, 2.45) is 5.73 Å². The van der Waals surface area contributed by atoms with Crippen LogP contribution in [0.2, 0.25) is 0 Å². The third kappa shape index (κ3) is 5.36. The van der Waals surface area contributed by atoms with E-state index in [1.54, 1.807) is 0 Å². The normalized spacial score (nSPS) is 24.4. The van der Waals surface area contributed by atoms with Crippen molar-refractivity contribution in [1.82, 2.24) is 19.5 Å². The van der Waals surface area contributed by atoms with Crippen LogP contribution in [0.15, 0.2) is 17.4 Å². The second kappa shape index (κ2) is 9.41. The summed E-state index contributed by atoms with van der Waals surface area (Å²) in [4.78, 5) is 62.4. The number of aromatic amines is 1. The van der Waals surface area contributed by atoms with Gasteiger partial charge in [0.1, 0.15) is 31.0 Å². The van der Waals surface area contributed by atoms with Crippen LogP contribution >= 0.6 is 7.82 Å². The van der Waals surface area contributed by atoms with Gasteiger partial charge < -0.3 is 34.9 Å². The van der Waals surface area contributed by atoms with Gasteiger partial charge >= 0.3 is 19.8 Å². The summed E-state index contributed by atoms with van der Waals surface area (Å²) < 4.78 is 26.2. The molecule has 3 rings (SSSR count). The maximum Gasteiger partial charge on any atom is 0.527 e. The molecule has 16 nitrogen and oxygen atoms in total. The van der Waals surface area contributed by atoms with E-state index in [-0.39, 0.29) is 17.6 Å². The van der Waals surface area contributed by atoms with Gasteiger partial charge in [0.2, 0.25) is 0 Å². The average Bonchev–Trinajstić information content (AvgIpc) is 3.26. The number of rotatable bonds is 8. The Bertz CT molecular complexity index is 1100. The zero-order chi connectivity index (χ0) is 23.6. The number of carbonyl (C=O) groups is 2. The van der Waals surface area contributed by atoms with Crippen molar-refractivity contribution in [1.29, 1.82) is 0 Å². The van der Waals surface area contributed by atoms with Crippen molar-refractivity contribution in [2.75, 3.05) is 6.61 Å². The van der Waals surface area contributed by atoms with Gasteiger partial charge in [-0.15, -0.1) is 0 Å². The van der Waals surface area contributed by atoms with Crippen LogP contribution in [0.5, 0.6) is 0 Å². The maximum atomic E-state index is 11.9. The number of nitrogens with two attached hydrogens (primary N) is 1. The molecule has 1 saturated heterocycles. The Kier molecular flexibility index (Phi) is 7.04. The predicted octanol–water partition coefficient (Wildman–Crippen LogP) is -2.97. The molecule has 176 valence electrons. The van der Waals surface area contributed by atoms with Gasteiger partial charge in [0.05, 0.1) is 12.7 Å². The van der Waals surface area contributed by atoms with Crippen LogP contribution in [-0.4, -0.2) is 82.4 Å². The second-order valence-corrected chi connectivity index (χ2v) is 7.99. The fourth-order valence-corrected chi connectivity index (χ4v) is 3.34. The Morgan fingerprint density at radius 3 is 2.72 bits per heavy atom. The van der Waals surface area contributed by atoms with Crippen LogP contribution in [0, 0.1) is 0 Å². The smallest absolute Gasteiger partial charge is 0.463 e. The van der Waals surface area contributed by atoms with Crippen molar-refractivity contribution in [3.8, 4) is 0 Å². The molecule has 0 aromatic carbocycles. The molecule has 7 N–H and O–H groups in total. The molecule has 5 atom stereocenters. The molecule has 1 aliphatic heterocycles. The minimum atomic E-state index is -5.05. The molecule has 3 heterocycles. The lowest BCUT2D eigenvalue weighted by Crippen LogP contribution is -2.35. The number of aliphatic hydroxyl groups excluding tert-OH is 2. The van der Waals surface area contributed by atoms with Crippen LogP contribution in [0.3, 0.4) is 0 Å². The largest absolute Gasteiger partial charge is 0.527 e. The van der Waals surface area contributed by atoms with Gasteiger partial charge in [-0.3, -0.25) is 23.9 Å². The average molecular weight is 477 g/mol.